The van der Waals surface area contributed by atoms with Crippen molar-refractivity contribution in [2.24, 2.45) is 5.16 Å². The first-order valence-corrected chi connectivity index (χ1v) is 3.60. The van der Waals surface area contributed by atoms with E-state index < -0.39 is 0 Å². The number of methoxy groups -OCH3 is 1. The van der Waals surface area contributed by atoms with E-state index in [0.29, 0.717) is 0 Å². The van der Waals surface area contributed by atoms with Gasteiger partial charge in [-0.3, -0.25) is 0 Å². The molecule has 0 aliphatic heterocycles. The van der Waals surface area contributed by atoms with E-state index in [0.717, 1.165) is 16.9 Å². The van der Waals surface area contributed by atoms with Crippen LogP contribution in [0, 0.1) is 6.92 Å². The van der Waals surface area contributed by atoms with E-state index in [1.165, 1.54) is 6.21 Å². The van der Waals surface area contributed by atoms with Crippen LogP contribution in [-0.2, 0) is 0 Å². The Kier molecular flexibility index (Phi) is 2.69. The fourth-order valence-electron chi connectivity index (χ4n) is 0.982. The van der Waals surface area contributed by atoms with Gasteiger partial charge in [0.2, 0.25) is 0 Å². The van der Waals surface area contributed by atoms with E-state index in [1.54, 1.807) is 7.11 Å². The van der Waals surface area contributed by atoms with Crippen LogP contribution < -0.4 is 4.74 Å². The van der Waals surface area contributed by atoms with Crippen LogP contribution in [0.2, 0.25) is 0 Å². The van der Waals surface area contributed by atoms with Gasteiger partial charge in [-0.15, -0.1) is 0 Å². The summed E-state index contributed by atoms with van der Waals surface area (Å²) in [7, 11) is 1.62. The number of oxime groups is 1. The second kappa shape index (κ2) is 3.76. The largest absolute Gasteiger partial charge is 0.497 e. The summed E-state index contributed by atoms with van der Waals surface area (Å²) in [5.74, 6) is 0.808. The summed E-state index contributed by atoms with van der Waals surface area (Å²) in [5, 5.41) is 11.3. The normalized spacial score (nSPS) is 10.5. The molecular formula is C9H11NO2. The van der Waals surface area contributed by atoms with Crippen LogP contribution in [0.4, 0.5) is 0 Å². The third-order valence-electron chi connectivity index (χ3n) is 1.67. The average Bonchev–Trinajstić information content (AvgIpc) is 2.09. The maximum absolute atomic E-state index is 8.31. The number of ether oxygens (including phenoxy) is 1. The van der Waals surface area contributed by atoms with Gasteiger partial charge < -0.3 is 9.94 Å². The van der Waals surface area contributed by atoms with Crippen molar-refractivity contribution in [3.05, 3.63) is 29.3 Å². The molecule has 0 amide bonds. The number of nitrogens with zero attached hydrogens (tertiary/aromatic N) is 1. The van der Waals surface area contributed by atoms with Crippen molar-refractivity contribution >= 4 is 6.21 Å². The summed E-state index contributed by atoms with van der Waals surface area (Å²) in [6.45, 7) is 1.93. The summed E-state index contributed by atoms with van der Waals surface area (Å²) in [6.07, 6.45) is 1.40. The van der Waals surface area contributed by atoms with Crippen LogP contribution >= 0.6 is 0 Å². The quantitative estimate of drug-likeness (QED) is 0.412. The van der Waals surface area contributed by atoms with Crippen molar-refractivity contribution in [3.8, 4) is 5.75 Å². The lowest BCUT2D eigenvalue weighted by Gasteiger charge is -2.02. The smallest absolute Gasteiger partial charge is 0.119 e. The molecule has 0 heterocycles. The van der Waals surface area contributed by atoms with Gasteiger partial charge in [0.05, 0.1) is 13.3 Å². The lowest BCUT2D eigenvalue weighted by molar-refractivity contribution is 0.322. The van der Waals surface area contributed by atoms with Crippen molar-refractivity contribution in [2.45, 2.75) is 6.92 Å². The van der Waals surface area contributed by atoms with Crippen molar-refractivity contribution in [1.82, 2.24) is 0 Å². The molecule has 0 saturated carbocycles. The summed E-state index contributed by atoms with van der Waals surface area (Å²) < 4.78 is 5.02. The molecule has 1 N–H and O–H groups in total. The fourth-order valence-corrected chi connectivity index (χ4v) is 0.982. The van der Waals surface area contributed by atoms with Crippen molar-refractivity contribution < 1.29 is 9.94 Å². The molecule has 64 valence electrons. The zero-order valence-electron chi connectivity index (χ0n) is 7.11. The van der Waals surface area contributed by atoms with Crippen molar-refractivity contribution in [1.29, 1.82) is 0 Å². The molecule has 1 aromatic carbocycles. The topological polar surface area (TPSA) is 41.8 Å². The summed E-state index contributed by atoms with van der Waals surface area (Å²) >= 11 is 0. The van der Waals surface area contributed by atoms with Gasteiger partial charge in [0.25, 0.3) is 0 Å². The minimum Gasteiger partial charge on any atom is -0.497 e. The van der Waals surface area contributed by atoms with Gasteiger partial charge in [0.15, 0.2) is 0 Å². The third-order valence-corrected chi connectivity index (χ3v) is 1.67. The molecule has 1 rings (SSSR count). The monoisotopic (exact) mass is 165 g/mol. The van der Waals surface area contributed by atoms with E-state index in [2.05, 4.69) is 5.16 Å². The fraction of sp³-hybridized carbons (Fsp3) is 0.222. The van der Waals surface area contributed by atoms with Gasteiger partial charge in [-0.2, -0.15) is 0 Å². The lowest BCUT2D eigenvalue weighted by atomic mass is 10.1. The molecule has 0 atom stereocenters. The molecule has 3 nitrogen and oxygen atoms in total. The van der Waals surface area contributed by atoms with E-state index in [1.807, 2.05) is 25.1 Å². The maximum atomic E-state index is 8.31. The van der Waals surface area contributed by atoms with Gasteiger partial charge in [0, 0.05) is 0 Å². The Balaban J connectivity index is 3.03. The first-order chi connectivity index (χ1) is 5.77. The van der Waals surface area contributed by atoms with E-state index in [4.69, 9.17) is 9.94 Å². The molecule has 12 heavy (non-hydrogen) atoms. The lowest BCUT2D eigenvalue weighted by Crippen LogP contribution is -1.89. The third kappa shape index (κ3) is 1.75. The van der Waals surface area contributed by atoms with Crippen LogP contribution in [0.1, 0.15) is 11.1 Å². The molecule has 1 aromatic rings. The first-order valence-electron chi connectivity index (χ1n) is 3.60. The molecule has 0 aromatic heterocycles. The Labute approximate surface area is 71.3 Å². The molecule has 3 heteroatoms. The van der Waals surface area contributed by atoms with Crippen LogP contribution in [0.3, 0.4) is 0 Å². The molecular weight excluding hydrogens is 154 g/mol. The van der Waals surface area contributed by atoms with Gasteiger partial charge in [-0.25, -0.2) is 0 Å². The van der Waals surface area contributed by atoms with Crippen LogP contribution in [-0.4, -0.2) is 18.5 Å². The summed E-state index contributed by atoms with van der Waals surface area (Å²) in [4.78, 5) is 0. The molecule has 0 saturated heterocycles. The maximum Gasteiger partial charge on any atom is 0.119 e. The SMILES string of the molecule is COc1ccc(/C=N/O)c(C)c1. The second-order valence-electron chi connectivity index (χ2n) is 2.47. The molecule has 0 bridgehead atoms. The van der Waals surface area contributed by atoms with E-state index >= 15 is 0 Å². The van der Waals surface area contributed by atoms with Crippen LogP contribution in [0.5, 0.6) is 5.75 Å². The van der Waals surface area contributed by atoms with E-state index in [-0.39, 0.29) is 0 Å². The Morgan fingerprint density at radius 2 is 2.25 bits per heavy atom. The predicted molar refractivity (Wildman–Crippen MR) is 47.1 cm³/mol. The zero-order chi connectivity index (χ0) is 8.97. The number of hydrogen-bond donors (Lipinski definition) is 1. The highest BCUT2D eigenvalue weighted by molar-refractivity contribution is 5.81. The summed E-state index contributed by atoms with van der Waals surface area (Å²) in [5.41, 5.74) is 1.91. The first kappa shape index (κ1) is 8.59. The van der Waals surface area contributed by atoms with Gasteiger partial charge >= 0.3 is 0 Å². The minimum atomic E-state index is 0.808. The van der Waals surface area contributed by atoms with Crippen LogP contribution in [0.15, 0.2) is 23.4 Å². The minimum absolute atomic E-state index is 0.808. The highest BCUT2D eigenvalue weighted by atomic mass is 16.5. The van der Waals surface area contributed by atoms with E-state index in [9.17, 15) is 0 Å². The Morgan fingerprint density at radius 3 is 2.75 bits per heavy atom. The number of benzene rings is 1. The highest BCUT2D eigenvalue weighted by Gasteiger charge is 1.96. The Bertz CT molecular complexity index is 295. The Hall–Kier alpha value is -1.51. The molecule has 0 radical (unpaired) electrons. The standard InChI is InChI=1S/C9H11NO2/c1-7-5-9(12-2)4-3-8(7)6-10-11/h3-6,11H,1-2H3/b10-6+. The zero-order valence-corrected chi connectivity index (χ0v) is 7.11. The van der Waals surface area contributed by atoms with Crippen LogP contribution in [0.25, 0.3) is 0 Å². The van der Waals surface area contributed by atoms with Gasteiger partial charge in [0.1, 0.15) is 5.75 Å². The van der Waals surface area contributed by atoms with Gasteiger partial charge in [-0.1, -0.05) is 5.16 Å². The van der Waals surface area contributed by atoms with Crippen molar-refractivity contribution in [3.63, 3.8) is 0 Å². The number of hydrogen-bond acceptors (Lipinski definition) is 3. The summed E-state index contributed by atoms with van der Waals surface area (Å²) in [6, 6.07) is 5.55. The second-order valence-corrected chi connectivity index (χ2v) is 2.47. The highest BCUT2D eigenvalue weighted by Crippen LogP contribution is 2.15. The number of aryl methyl sites for hydroxylation is 1. The van der Waals surface area contributed by atoms with Gasteiger partial charge in [-0.05, 0) is 36.2 Å². The molecule has 0 aliphatic carbocycles. The molecule has 0 aliphatic rings. The number of rotatable bonds is 2. The Morgan fingerprint density at radius 1 is 1.50 bits per heavy atom. The molecule has 0 unspecified atom stereocenters. The molecule has 0 spiro atoms. The molecule has 0 fully saturated rings. The predicted octanol–water partition coefficient (Wildman–Crippen LogP) is 1.81. The van der Waals surface area contributed by atoms with Crippen molar-refractivity contribution in [2.75, 3.05) is 7.11 Å². The average molecular weight is 165 g/mol.